The zero-order valence-electron chi connectivity index (χ0n) is 12.2. The van der Waals surface area contributed by atoms with Crippen molar-refractivity contribution in [2.45, 2.75) is 30.9 Å². The molecule has 0 saturated carbocycles. The molecule has 2 N–H and O–H groups in total. The number of carboxylic acid groups (broad SMARTS) is 1. The van der Waals surface area contributed by atoms with Gasteiger partial charge in [0, 0.05) is 12.1 Å². The predicted molar refractivity (Wildman–Crippen MR) is 78.7 cm³/mol. The number of carbonyl (C=O) groups is 1. The van der Waals surface area contributed by atoms with Crippen molar-refractivity contribution in [2.24, 2.45) is 0 Å². The first-order chi connectivity index (χ1) is 10.2. The lowest BCUT2D eigenvalue weighted by atomic mass is 10.0. The van der Waals surface area contributed by atoms with E-state index in [0.29, 0.717) is 11.5 Å². The maximum atomic E-state index is 12.2. The van der Waals surface area contributed by atoms with Gasteiger partial charge >= 0.3 is 5.97 Å². The molecular weight excluding hydrogens is 330 g/mol. The summed E-state index contributed by atoms with van der Waals surface area (Å²) in [5.41, 5.74) is 2.26. The van der Waals surface area contributed by atoms with E-state index in [-0.39, 0.29) is 16.7 Å². The Hall–Kier alpha value is -1.78. The van der Waals surface area contributed by atoms with Crippen LogP contribution in [-0.2, 0) is 10.0 Å². The second-order valence-corrected chi connectivity index (χ2v) is 7.60. The van der Waals surface area contributed by atoms with Crippen molar-refractivity contribution in [3.8, 4) is 0 Å². The molecule has 1 atom stereocenters. The van der Waals surface area contributed by atoms with Gasteiger partial charge in [0.2, 0.25) is 0 Å². The maximum absolute atomic E-state index is 12.2. The minimum absolute atomic E-state index is 0.0994. The van der Waals surface area contributed by atoms with E-state index in [1.54, 1.807) is 13.8 Å². The van der Waals surface area contributed by atoms with Gasteiger partial charge in [-0.3, -0.25) is 0 Å². The van der Waals surface area contributed by atoms with E-state index in [2.05, 4.69) is 14.9 Å². The molecule has 22 heavy (non-hydrogen) atoms. The van der Waals surface area contributed by atoms with Crippen LogP contribution in [0.15, 0.2) is 14.2 Å². The summed E-state index contributed by atoms with van der Waals surface area (Å²) in [5.74, 6) is -0.907. The average molecular weight is 345 g/mol. The Balaban J connectivity index is 2.17. The van der Waals surface area contributed by atoms with Crippen LogP contribution in [0.1, 0.15) is 40.3 Å². The molecule has 10 heteroatoms. The molecule has 120 valence electrons. The van der Waals surface area contributed by atoms with E-state index < -0.39 is 21.7 Å². The molecule has 0 radical (unpaired) electrons. The number of aryl methyl sites for hydroxylation is 2. The Morgan fingerprint density at radius 1 is 1.50 bits per heavy atom. The van der Waals surface area contributed by atoms with Crippen LogP contribution in [0.5, 0.6) is 0 Å². The molecule has 8 nitrogen and oxygen atoms in total. The fraction of sp³-hybridized carbons (Fsp3) is 0.417. The average Bonchev–Trinajstić information content (AvgIpc) is 3.04. The topological polar surface area (TPSA) is 122 Å². The van der Waals surface area contributed by atoms with Gasteiger partial charge in [0.15, 0.2) is 9.90 Å². The van der Waals surface area contributed by atoms with Gasteiger partial charge in [-0.2, -0.15) is 0 Å². The van der Waals surface area contributed by atoms with Gasteiger partial charge in [-0.05, 0) is 19.8 Å². The van der Waals surface area contributed by atoms with Crippen molar-refractivity contribution in [3.05, 3.63) is 28.2 Å². The van der Waals surface area contributed by atoms with Gasteiger partial charge in [-0.15, -0.1) is 11.3 Å². The maximum Gasteiger partial charge on any atom is 0.356 e. The summed E-state index contributed by atoms with van der Waals surface area (Å²) in [7, 11) is -3.93. The predicted octanol–water partition coefficient (Wildman–Crippen LogP) is 1.53. The Labute approximate surface area is 131 Å². The van der Waals surface area contributed by atoms with E-state index >= 15 is 0 Å². The van der Waals surface area contributed by atoms with Crippen molar-refractivity contribution in [1.29, 1.82) is 0 Å². The SMILES string of the molecule is Cc1noc(C)c1C(C)CNS(=O)(=O)c1scnc1C(=O)O. The fourth-order valence-corrected chi connectivity index (χ4v) is 4.48. The molecule has 0 aliphatic heterocycles. The molecule has 2 heterocycles. The Morgan fingerprint density at radius 2 is 2.18 bits per heavy atom. The van der Waals surface area contributed by atoms with Gasteiger partial charge in [0.05, 0.1) is 11.2 Å². The number of aromatic carboxylic acids is 1. The highest BCUT2D eigenvalue weighted by molar-refractivity contribution is 7.91. The number of thiazole rings is 1. The van der Waals surface area contributed by atoms with E-state index in [1.165, 1.54) is 5.51 Å². The van der Waals surface area contributed by atoms with Crippen molar-refractivity contribution < 1.29 is 22.8 Å². The molecule has 0 amide bonds. The van der Waals surface area contributed by atoms with Gasteiger partial charge < -0.3 is 9.63 Å². The van der Waals surface area contributed by atoms with Crippen LogP contribution in [0.3, 0.4) is 0 Å². The highest BCUT2D eigenvalue weighted by Gasteiger charge is 2.27. The number of aromatic nitrogens is 2. The summed E-state index contributed by atoms with van der Waals surface area (Å²) >= 11 is 0.767. The van der Waals surface area contributed by atoms with Crippen LogP contribution < -0.4 is 4.72 Å². The van der Waals surface area contributed by atoms with Crippen molar-refractivity contribution >= 4 is 27.3 Å². The first-order valence-electron chi connectivity index (χ1n) is 6.33. The summed E-state index contributed by atoms with van der Waals surface area (Å²) in [6, 6.07) is 0. The molecule has 0 saturated heterocycles. The molecule has 0 bridgehead atoms. The Kier molecular flexibility index (Phi) is 4.63. The number of nitrogens with zero attached hydrogens (tertiary/aromatic N) is 2. The first kappa shape index (κ1) is 16.6. The highest BCUT2D eigenvalue weighted by Crippen LogP contribution is 2.24. The molecule has 2 aromatic heterocycles. The molecule has 0 fully saturated rings. The summed E-state index contributed by atoms with van der Waals surface area (Å²) in [5, 5.41) is 12.8. The largest absolute Gasteiger partial charge is 0.476 e. The van der Waals surface area contributed by atoms with Crippen LogP contribution in [0, 0.1) is 13.8 Å². The van der Waals surface area contributed by atoms with Gasteiger partial charge in [-0.25, -0.2) is 22.9 Å². The number of carboxylic acids is 1. The lowest BCUT2D eigenvalue weighted by Crippen LogP contribution is -2.28. The standard InChI is InChI=1S/C12H15N3O5S2/c1-6(9-7(2)15-20-8(9)3)4-14-22(18,19)12-10(11(16)17)13-5-21-12/h5-6,14H,4H2,1-3H3,(H,16,17). The summed E-state index contributed by atoms with van der Waals surface area (Å²) in [6.45, 7) is 5.47. The molecular formula is C12H15N3O5S2. The van der Waals surface area contributed by atoms with Crippen LogP contribution in [0.25, 0.3) is 0 Å². The van der Waals surface area contributed by atoms with E-state index in [9.17, 15) is 13.2 Å². The van der Waals surface area contributed by atoms with Crippen LogP contribution >= 0.6 is 11.3 Å². The number of sulfonamides is 1. The summed E-state index contributed by atoms with van der Waals surface area (Å²) in [4.78, 5) is 14.5. The summed E-state index contributed by atoms with van der Waals surface area (Å²) in [6.07, 6.45) is 0. The van der Waals surface area contributed by atoms with Gasteiger partial charge in [0.25, 0.3) is 10.0 Å². The molecule has 0 aromatic carbocycles. The van der Waals surface area contributed by atoms with Crippen molar-refractivity contribution in [3.63, 3.8) is 0 Å². The minimum atomic E-state index is -3.93. The molecule has 2 rings (SSSR count). The lowest BCUT2D eigenvalue weighted by Gasteiger charge is -2.12. The Morgan fingerprint density at radius 3 is 2.73 bits per heavy atom. The van der Waals surface area contributed by atoms with E-state index in [1.807, 2.05) is 6.92 Å². The van der Waals surface area contributed by atoms with Crippen LogP contribution in [-0.4, -0.2) is 36.2 Å². The number of nitrogens with one attached hydrogen (secondary N) is 1. The fourth-order valence-electron chi connectivity index (χ4n) is 2.16. The third-order valence-electron chi connectivity index (χ3n) is 3.14. The van der Waals surface area contributed by atoms with E-state index in [0.717, 1.165) is 16.9 Å². The third-order valence-corrected chi connectivity index (χ3v) is 5.94. The van der Waals surface area contributed by atoms with Crippen molar-refractivity contribution in [2.75, 3.05) is 6.54 Å². The zero-order valence-corrected chi connectivity index (χ0v) is 13.8. The van der Waals surface area contributed by atoms with Crippen LogP contribution in [0.4, 0.5) is 0 Å². The molecule has 2 aromatic rings. The second kappa shape index (κ2) is 6.15. The van der Waals surface area contributed by atoms with Crippen molar-refractivity contribution in [1.82, 2.24) is 14.9 Å². The lowest BCUT2D eigenvalue weighted by molar-refractivity contribution is 0.0687. The smallest absolute Gasteiger partial charge is 0.356 e. The monoisotopic (exact) mass is 345 g/mol. The Bertz CT molecular complexity index is 774. The summed E-state index contributed by atoms with van der Waals surface area (Å²) < 4.78 is 31.6. The minimum Gasteiger partial charge on any atom is -0.476 e. The number of hydrogen-bond acceptors (Lipinski definition) is 7. The zero-order chi connectivity index (χ0) is 16.5. The van der Waals surface area contributed by atoms with Crippen LogP contribution in [0.2, 0.25) is 0 Å². The third kappa shape index (κ3) is 3.18. The van der Waals surface area contributed by atoms with E-state index in [4.69, 9.17) is 9.63 Å². The number of rotatable bonds is 6. The number of hydrogen-bond donors (Lipinski definition) is 2. The normalized spacial score (nSPS) is 13.2. The van der Waals surface area contributed by atoms with Gasteiger partial charge in [-0.1, -0.05) is 12.1 Å². The molecule has 0 aliphatic rings. The molecule has 0 spiro atoms. The highest BCUT2D eigenvalue weighted by atomic mass is 32.2. The molecule has 1 unspecified atom stereocenters. The quantitative estimate of drug-likeness (QED) is 0.814. The second-order valence-electron chi connectivity index (χ2n) is 4.78. The molecule has 0 aliphatic carbocycles. The first-order valence-corrected chi connectivity index (χ1v) is 8.69. The van der Waals surface area contributed by atoms with Gasteiger partial charge in [0.1, 0.15) is 5.76 Å².